The van der Waals surface area contributed by atoms with Gasteiger partial charge >= 0.3 is 0 Å². The smallest absolute Gasteiger partial charge is 0.230 e. The van der Waals surface area contributed by atoms with Crippen molar-refractivity contribution in [3.8, 4) is 11.4 Å². The highest BCUT2D eigenvalue weighted by atomic mass is 32.2. The van der Waals surface area contributed by atoms with Crippen LogP contribution in [0.15, 0.2) is 41.8 Å². The standard InChI is InChI=1S/C18H23N3O2S/c1-23-16-9-7-15(8-10-16)21-12-11-19-18(21)24-13-17(22)20-14-5-3-2-4-6-14/h7-12,14H,2-6,13H2,1H3,(H,20,22). The van der Waals surface area contributed by atoms with Gasteiger partial charge in [-0.3, -0.25) is 9.36 Å². The van der Waals surface area contributed by atoms with E-state index < -0.39 is 0 Å². The van der Waals surface area contributed by atoms with Gasteiger partial charge in [0, 0.05) is 24.1 Å². The molecule has 3 rings (SSSR count). The van der Waals surface area contributed by atoms with Gasteiger partial charge in [0.2, 0.25) is 5.91 Å². The van der Waals surface area contributed by atoms with Crippen LogP contribution in [-0.2, 0) is 4.79 Å². The average molecular weight is 345 g/mol. The number of carbonyl (C=O) groups is 1. The second kappa shape index (κ2) is 8.24. The second-order valence-electron chi connectivity index (χ2n) is 5.97. The van der Waals surface area contributed by atoms with E-state index >= 15 is 0 Å². The van der Waals surface area contributed by atoms with Crippen molar-refractivity contribution in [2.45, 2.75) is 43.3 Å². The van der Waals surface area contributed by atoms with E-state index in [2.05, 4.69) is 10.3 Å². The van der Waals surface area contributed by atoms with E-state index in [1.807, 2.05) is 35.0 Å². The fraction of sp³-hybridized carbons (Fsp3) is 0.444. The van der Waals surface area contributed by atoms with Crippen LogP contribution in [0.5, 0.6) is 5.75 Å². The SMILES string of the molecule is COc1ccc(-n2ccnc2SCC(=O)NC2CCCCC2)cc1. The molecule has 1 aromatic carbocycles. The van der Waals surface area contributed by atoms with E-state index in [1.54, 1.807) is 13.3 Å². The van der Waals surface area contributed by atoms with Crippen LogP contribution in [0.3, 0.4) is 0 Å². The summed E-state index contributed by atoms with van der Waals surface area (Å²) < 4.78 is 7.17. The summed E-state index contributed by atoms with van der Waals surface area (Å²) in [5.74, 6) is 1.31. The zero-order chi connectivity index (χ0) is 16.8. The molecule has 2 aromatic rings. The number of aromatic nitrogens is 2. The van der Waals surface area contributed by atoms with Crippen LogP contribution < -0.4 is 10.1 Å². The van der Waals surface area contributed by atoms with Crippen LogP contribution in [0, 0.1) is 0 Å². The highest BCUT2D eigenvalue weighted by Crippen LogP contribution is 2.22. The van der Waals surface area contributed by atoms with Crippen LogP contribution in [0.4, 0.5) is 0 Å². The number of benzene rings is 1. The fourth-order valence-electron chi connectivity index (χ4n) is 2.98. The lowest BCUT2D eigenvalue weighted by Gasteiger charge is -2.22. The minimum Gasteiger partial charge on any atom is -0.497 e. The van der Waals surface area contributed by atoms with Gasteiger partial charge in [0.1, 0.15) is 5.75 Å². The summed E-state index contributed by atoms with van der Waals surface area (Å²) in [6, 6.07) is 8.14. The molecule has 0 aliphatic heterocycles. The Morgan fingerprint density at radius 2 is 2.04 bits per heavy atom. The summed E-state index contributed by atoms with van der Waals surface area (Å²) in [6.07, 6.45) is 9.61. The number of ether oxygens (including phenoxy) is 1. The predicted octanol–water partition coefficient (Wildman–Crippen LogP) is 3.42. The van der Waals surface area contributed by atoms with Crippen LogP contribution in [0.2, 0.25) is 0 Å². The molecule has 1 aliphatic carbocycles. The van der Waals surface area contributed by atoms with Gasteiger partial charge in [-0.2, -0.15) is 0 Å². The Bertz CT molecular complexity index is 663. The van der Waals surface area contributed by atoms with Crippen LogP contribution in [0.1, 0.15) is 32.1 Å². The van der Waals surface area contributed by atoms with Crippen LogP contribution in [0.25, 0.3) is 5.69 Å². The number of methoxy groups -OCH3 is 1. The largest absolute Gasteiger partial charge is 0.497 e. The number of rotatable bonds is 6. The van der Waals surface area contributed by atoms with E-state index in [4.69, 9.17) is 4.74 Å². The van der Waals surface area contributed by atoms with E-state index in [0.29, 0.717) is 11.8 Å². The molecule has 0 atom stereocenters. The number of hydrogen-bond donors (Lipinski definition) is 1. The molecule has 0 bridgehead atoms. The molecule has 128 valence electrons. The van der Waals surface area contributed by atoms with Crippen molar-refractivity contribution in [3.63, 3.8) is 0 Å². The van der Waals surface area contributed by atoms with Crippen molar-refractivity contribution < 1.29 is 9.53 Å². The first-order valence-corrected chi connectivity index (χ1v) is 9.35. The number of imidazole rings is 1. The molecule has 6 heteroatoms. The van der Waals surface area contributed by atoms with Gasteiger partial charge in [-0.05, 0) is 37.1 Å². The molecule has 0 spiro atoms. The number of nitrogens with one attached hydrogen (secondary N) is 1. The molecule has 1 heterocycles. The molecule has 0 saturated heterocycles. The summed E-state index contributed by atoms with van der Waals surface area (Å²) in [7, 11) is 1.65. The average Bonchev–Trinajstić information content (AvgIpc) is 3.09. The lowest BCUT2D eigenvalue weighted by atomic mass is 9.95. The molecular formula is C18H23N3O2S. The highest BCUT2D eigenvalue weighted by Gasteiger charge is 2.16. The van der Waals surface area contributed by atoms with Gasteiger partial charge in [-0.1, -0.05) is 31.0 Å². The maximum atomic E-state index is 12.2. The molecular weight excluding hydrogens is 322 g/mol. The number of thioether (sulfide) groups is 1. The molecule has 1 aliphatic rings. The lowest BCUT2D eigenvalue weighted by molar-refractivity contribution is -0.119. The topological polar surface area (TPSA) is 56.2 Å². The van der Waals surface area contributed by atoms with Crippen molar-refractivity contribution in [2.75, 3.05) is 12.9 Å². The zero-order valence-electron chi connectivity index (χ0n) is 13.9. The molecule has 24 heavy (non-hydrogen) atoms. The van der Waals surface area contributed by atoms with E-state index in [1.165, 1.54) is 31.0 Å². The fourth-order valence-corrected chi connectivity index (χ4v) is 3.77. The minimum absolute atomic E-state index is 0.0937. The van der Waals surface area contributed by atoms with Crippen molar-refractivity contribution in [1.82, 2.24) is 14.9 Å². The summed E-state index contributed by atoms with van der Waals surface area (Å²) in [5, 5.41) is 3.96. The normalized spacial score (nSPS) is 15.2. The third kappa shape index (κ3) is 4.32. The Hall–Kier alpha value is -1.95. The quantitative estimate of drug-likeness (QED) is 0.815. The Balaban J connectivity index is 1.57. The van der Waals surface area contributed by atoms with E-state index in [0.717, 1.165) is 29.4 Å². The lowest BCUT2D eigenvalue weighted by Crippen LogP contribution is -2.37. The first-order valence-electron chi connectivity index (χ1n) is 8.36. The summed E-state index contributed by atoms with van der Waals surface area (Å²) in [5.41, 5.74) is 1.00. The molecule has 1 fully saturated rings. The zero-order valence-corrected chi connectivity index (χ0v) is 14.7. The van der Waals surface area contributed by atoms with Crippen LogP contribution >= 0.6 is 11.8 Å². The molecule has 0 radical (unpaired) electrons. The Morgan fingerprint density at radius 3 is 2.75 bits per heavy atom. The second-order valence-corrected chi connectivity index (χ2v) is 6.91. The molecule has 1 amide bonds. The van der Waals surface area contributed by atoms with Crippen molar-refractivity contribution in [3.05, 3.63) is 36.7 Å². The van der Waals surface area contributed by atoms with Crippen LogP contribution in [-0.4, -0.2) is 34.4 Å². The summed E-state index contributed by atoms with van der Waals surface area (Å²) >= 11 is 1.46. The number of nitrogens with zero attached hydrogens (tertiary/aromatic N) is 2. The number of carbonyl (C=O) groups excluding carboxylic acids is 1. The van der Waals surface area contributed by atoms with Gasteiger partial charge in [0.25, 0.3) is 0 Å². The van der Waals surface area contributed by atoms with Crippen molar-refractivity contribution in [2.24, 2.45) is 0 Å². The molecule has 5 nitrogen and oxygen atoms in total. The van der Waals surface area contributed by atoms with Gasteiger partial charge in [0.05, 0.1) is 12.9 Å². The first kappa shape index (κ1) is 16.9. The van der Waals surface area contributed by atoms with Crippen molar-refractivity contribution >= 4 is 17.7 Å². The van der Waals surface area contributed by atoms with Gasteiger partial charge < -0.3 is 10.1 Å². The molecule has 0 unspecified atom stereocenters. The molecule has 1 N–H and O–H groups in total. The monoisotopic (exact) mass is 345 g/mol. The minimum atomic E-state index is 0.0937. The first-order chi connectivity index (χ1) is 11.8. The summed E-state index contributed by atoms with van der Waals surface area (Å²) in [4.78, 5) is 16.5. The number of hydrogen-bond acceptors (Lipinski definition) is 4. The summed E-state index contributed by atoms with van der Waals surface area (Å²) in [6.45, 7) is 0. The highest BCUT2D eigenvalue weighted by molar-refractivity contribution is 7.99. The maximum Gasteiger partial charge on any atom is 0.230 e. The van der Waals surface area contributed by atoms with Gasteiger partial charge in [-0.25, -0.2) is 4.98 Å². The number of amides is 1. The van der Waals surface area contributed by atoms with Gasteiger partial charge in [0.15, 0.2) is 5.16 Å². The maximum absolute atomic E-state index is 12.2. The Kier molecular flexibility index (Phi) is 5.80. The molecule has 1 aromatic heterocycles. The molecule has 1 saturated carbocycles. The Labute approximate surface area is 146 Å². The van der Waals surface area contributed by atoms with Crippen molar-refractivity contribution in [1.29, 1.82) is 0 Å². The Morgan fingerprint density at radius 1 is 1.29 bits per heavy atom. The van der Waals surface area contributed by atoms with E-state index in [9.17, 15) is 4.79 Å². The van der Waals surface area contributed by atoms with Gasteiger partial charge in [-0.15, -0.1) is 0 Å². The predicted molar refractivity (Wildman–Crippen MR) is 95.9 cm³/mol. The third-order valence-corrected chi connectivity index (χ3v) is 5.23. The third-order valence-electron chi connectivity index (χ3n) is 4.26. The van der Waals surface area contributed by atoms with E-state index in [-0.39, 0.29) is 5.91 Å².